The first-order valence-corrected chi connectivity index (χ1v) is 13.3. The van der Waals surface area contributed by atoms with Crippen molar-refractivity contribution in [1.82, 2.24) is 4.90 Å². The number of hydrogen-bond donors (Lipinski definition) is 1. The molecule has 214 valence electrons. The molecule has 0 radical (unpaired) electrons. The molecule has 2 aromatic rings. The van der Waals surface area contributed by atoms with E-state index in [0.29, 0.717) is 19.4 Å². The van der Waals surface area contributed by atoms with E-state index in [1.165, 1.54) is 6.92 Å². The number of benzene rings is 2. The number of primary amides is 1. The standard InChI is InChI=1S/C29H34F6N2O2/c1-17-24(27(36)38)11-12-37(17)16-20-9-6-10-25(26(20)19-7-4-3-5-8-19)39-18(2)21-13-22(28(30,31)32)15-23(14-21)29(33,34)35/h3-5,7-8,13-15,17-18,20,24-26H,6,9-12,16H2,1-2H3,(H2,36,38)/t17-,18?,20-,24?,25+,26-/m1/s1. The molecule has 0 bridgehead atoms. The predicted molar refractivity (Wildman–Crippen MR) is 135 cm³/mol. The normalized spacial score (nSPS) is 27.4. The minimum absolute atomic E-state index is 0.00922. The second-order valence-electron chi connectivity index (χ2n) is 10.8. The van der Waals surface area contributed by atoms with Gasteiger partial charge in [-0.2, -0.15) is 26.3 Å². The maximum absolute atomic E-state index is 13.5. The van der Waals surface area contributed by atoms with Crippen LogP contribution in [0.1, 0.15) is 73.8 Å². The van der Waals surface area contributed by atoms with Crippen LogP contribution >= 0.6 is 0 Å². The van der Waals surface area contributed by atoms with Crippen molar-refractivity contribution in [3.63, 3.8) is 0 Å². The highest BCUT2D eigenvalue weighted by molar-refractivity contribution is 5.77. The van der Waals surface area contributed by atoms with E-state index in [0.717, 1.165) is 37.1 Å². The number of carbonyl (C=O) groups excluding carboxylic acids is 1. The van der Waals surface area contributed by atoms with Crippen molar-refractivity contribution >= 4 is 5.91 Å². The molecule has 4 nitrogen and oxygen atoms in total. The van der Waals surface area contributed by atoms with Crippen LogP contribution in [-0.2, 0) is 21.9 Å². The number of hydrogen-bond acceptors (Lipinski definition) is 3. The molecule has 39 heavy (non-hydrogen) atoms. The largest absolute Gasteiger partial charge is 0.416 e. The number of rotatable bonds is 7. The summed E-state index contributed by atoms with van der Waals surface area (Å²) in [6, 6.07) is 11.3. The molecule has 2 fully saturated rings. The first-order valence-electron chi connectivity index (χ1n) is 13.3. The monoisotopic (exact) mass is 556 g/mol. The lowest BCUT2D eigenvalue weighted by Crippen LogP contribution is -2.43. The second kappa shape index (κ2) is 11.5. The Morgan fingerprint density at radius 3 is 2.15 bits per heavy atom. The maximum atomic E-state index is 13.5. The quantitative estimate of drug-likeness (QED) is 0.376. The summed E-state index contributed by atoms with van der Waals surface area (Å²) in [5.74, 6) is -0.531. The van der Waals surface area contributed by atoms with Crippen LogP contribution in [-0.4, -0.2) is 36.0 Å². The van der Waals surface area contributed by atoms with Gasteiger partial charge in [0.2, 0.25) is 5.91 Å². The number of nitrogens with two attached hydrogens (primary N) is 1. The van der Waals surface area contributed by atoms with Gasteiger partial charge in [-0.1, -0.05) is 36.8 Å². The zero-order valence-electron chi connectivity index (χ0n) is 21.9. The summed E-state index contributed by atoms with van der Waals surface area (Å²) in [6.07, 6.45) is -8.23. The van der Waals surface area contributed by atoms with Crippen LogP contribution in [0.3, 0.4) is 0 Å². The Morgan fingerprint density at radius 1 is 1.00 bits per heavy atom. The van der Waals surface area contributed by atoms with Crippen LogP contribution < -0.4 is 5.73 Å². The molecule has 4 rings (SSSR count). The van der Waals surface area contributed by atoms with Crippen LogP contribution in [0.15, 0.2) is 48.5 Å². The summed E-state index contributed by atoms with van der Waals surface area (Å²) in [6.45, 7) is 4.92. The summed E-state index contributed by atoms with van der Waals surface area (Å²) in [5, 5.41) is 0. The highest BCUT2D eigenvalue weighted by Gasteiger charge is 2.42. The number of nitrogens with zero attached hydrogens (tertiary/aromatic N) is 1. The van der Waals surface area contributed by atoms with Crippen molar-refractivity contribution in [3.05, 3.63) is 70.8 Å². The van der Waals surface area contributed by atoms with Gasteiger partial charge in [0.25, 0.3) is 0 Å². The Balaban J connectivity index is 1.61. The van der Waals surface area contributed by atoms with E-state index in [2.05, 4.69) is 4.90 Å². The third-order valence-corrected chi connectivity index (χ3v) is 8.33. The van der Waals surface area contributed by atoms with Gasteiger partial charge in [-0.15, -0.1) is 0 Å². The highest BCUT2D eigenvalue weighted by atomic mass is 19.4. The summed E-state index contributed by atoms with van der Waals surface area (Å²) in [4.78, 5) is 14.1. The number of amides is 1. The average molecular weight is 557 g/mol. The van der Waals surface area contributed by atoms with Gasteiger partial charge in [0.05, 0.1) is 29.3 Å². The van der Waals surface area contributed by atoms with Crippen LogP contribution in [0.4, 0.5) is 26.3 Å². The molecule has 1 heterocycles. The van der Waals surface area contributed by atoms with Gasteiger partial charge >= 0.3 is 12.4 Å². The maximum Gasteiger partial charge on any atom is 0.416 e. The minimum atomic E-state index is -4.92. The zero-order valence-corrected chi connectivity index (χ0v) is 21.9. The molecule has 6 atom stereocenters. The molecular weight excluding hydrogens is 522 g/mol. The van der Waals surface area contributed by atoms with Crippen molar-refractivity contribution in [1.29, 1.82) is 0 Å². The van der Waals surface area contributed by atoms with Crippen LogP contribution in [0.2, 0.25) is 0 Å². The van der Waals surface area contributed by atoms with Crippen molar-refractivity contribution in [3.8, 4) is 0 Å². The molecule has 1 saturated heterocycles. The Kier molecular flexibility index (Phi) is 8.66. The van der Waals surface area contributed by atoms with E-state index in [1.54, 1.807) is 0 Å². The van der Waals surface area contributed by atoms with Crippen molar-refractivity contribution in [2.45, 2.75) is 76.1 Å². The lowest BCUT2D eigenvalue weighted by molar-refractivity contribution is -0.143. The fourth-order valence-corrected chi connectivity index (χ4v) is 6.26. The van der Waals surface area contributed by atoms with E-state index in [4.69, 9.17) is 10.5 Å². The number of ether oxygens (including phenoxy) is 1. The Hall–Kier alpha value is -2.59. The molecule has 2 aromatic carbocycles. The third-order valence-electron chi connectivity index (χ3n) is 8.33. The molecule has 1 saturated carbocycles. The second-order valence-corrected chi connectivity index (χ2v) is 10.8. The molecule has 0 spiro atoms. The lowest BCUT2D eigenvalue weighted by Gasteiger charge is -2.42. The summed E-state index contributed by atoms with van der Waals surface area (Å²) >= 11 is 0. The molecule has 0 aromatic heterocycles. The number of carbonyl (C=O) groups is 1. The highest BCUT2D eigenvalue weighted by Crippen LogP contribution is 2.44. The molecule has 10 heteroatoms. The Morgan fingerprint density at radius 2 is 1.62 bits per heavy atom. The van der Waals surface area contributed by atoms with E-state index in [-0.39, 0.29) is 41.3 Å². The minimum Gasteiger partial charge on any atom is -0.370 e. The summed E-state index contributed by atoms with van der Waals surface area (Å²) in [7, 11) is 0. The molecule has 1 aliphatic carbocycles. The van der Waals surface area contributed by atoms with E-state index >= 15 is 0 Å². The van der Waals surface area contributed by atoms with E-state index in [1.807, 2.05) is 37.3 Å². The molecule has 2 aliphatic rings. The number of likely N-dealkylation sites (tertiary alicyclic amines) is 1. The summed E-state index contributed by atoms with van der Waals surface area (Å²) < 4.78 is 87.1. The fraction of sp³-hybridized carbons (Fsp3) is 0.552. The lowest BCUT2D eigenvalue weighted by atomic mass is 9.73. The van der Waals surface area contributed by atoms with Crippen LogP contribution in [0.25, 0.3) is 0 Å². The first-order chi connectivity index (χ1) is 18.3. The molecule has 2 N–H and O–H groups in total. The van der Waals surface area contributed by atoms with Gasteiger partial charge < -0.3 is 10.5 Å². The van der Waals surface area contributed by atoms with Crippen molar-refractivity contribution < 1.29 is 35.9 Å². The molecule has 1 aliphatic heterocycles. The Labute approximate surface area is 224 Å². The SMILES string of the molecule is CC(O[C@H]1CCC[C@H](CN2CCC(C(N)=O)[C@H]2C)[C@H]1c1ccccc1)c1cc(C(F)(F)F)cc(C(F)(F)F)c1. The smallest absolute Gasteiger partial charge is 0.370 e. The molecular formula is C29H34F6N2O2. The predicted octanol–water partition coefficient (Wildman–Crippen LogP) is 6.95. The van der Waals surface area contributed by atoms with Gasteiger partial charge in [0.1, 0.15) is 0 Å². The first kappa shape index (κ1) is 29.4. The van der Waals surface area contributed by atoms with Crippen LogP contribution in [0, 0.1) is 11.8 Å². The third kappa shape index (κ3) is 6.77. The van der Waals surface area contributed by atoms with E-state index < -0.39 is 35.7 Å². The molecule has 1 amide bonds. The summed E-state index contributed by atoms with van der Waals surface area (Å²) in [5.41, 5.74) is 3.73. The van der Waals surface area contributed by atoms with Gasteiger partial charge in [0.15, 0.2) is 0 Å². The molecule has 2 unspecified atom stereocenters. The van der Waals surface area contributed by atoms with Crippen LogP contribution in [0.5, 0.6) is 0 Å². The number of halogens is 6. The zero-order chi connectivity index (χ0) is 28.5. The number of alkyl halides is 6. The van der Waals surface area contributed by atoms with E-state index in [9.17, 15) is 31.1 Å². The van der Waals surface area contributed by atoms with Gasteiger partial charge in [-0.3, -0.25) is 9.69 Å². The Bertz CT molecular complexity index is 1100. The average Bonchev–Trinajstić information content (AvgIpc) is 3.23. The van der Waals surface area contributed by atoms with Gasteiger partial charge in [0, 0.05) is 18.5 Å². The topological polar surface area (TPSA) is 55.6 Å². The van der Waals surface area contributed by atoms with Crippen molar-refractivity contribution in [2.75, 3.05) is 13.1 Å². The van der Waals surface area contributed by atoms with Gasteiger partial charge in [-0.25, -0.2) is 0 Å². The van der Waals surface area contributed by atoms with Crippen molar-refractivity contribution in [2.24, 2.45) is 17.6 Å². The fourth-order valence-electron chi connectivity index (χ4n) is 6.26. The van der Waals surface area contributed by atoms with Gasteiger partial charge in [-0.05, 0) is 74.9 Å².